The molecule has 1 fully saturated rings. The molecule has 1 heterocycles. The number of benzene rings is 1. The van der Waals surface area contributed by atoms with Crippen LogP contribution in [0.3, 0.4) is 0 Å². The summed E-state index contributed by atoms with van der Waals surface area (Å²) in [6.07, 6.45) is 2.20. The van der Waals surface area contributed by atoms with E-state index < -0.39 is 5.97 Å². The molecule has 1 saturated heterocycles. The van der Waals surface area contributed by atoms with Gasteiger partial charge in [-0.15, -0.1) is 0 Å². The Bertz CT molecular complexity index is 528. The molecule has 0 spiro atoms. The van der Waals surface area contributed by atoms with Gasteiger partial charge in [0.25, 0.3) is 0 Å². The molecule has 114 valence electrons. The van der Waals surface area contributed by atoms with Gasteiger partial charge in [0.15, 0.2) is 0 Å². The van der Waals surface area contributed by atoms with Gasteiger partial charge in [-0.05, 0) is 38.6 Å². The molecule has 0 bridgehead atoms. The van der Waals surface area contributed by atoms with E-state index in [0.717, 1.165) is 25.9 Å². The lowest BCUT2D eigenvalue weighted by molar-refractivity contribution is -0.131. The number of likely N-dealkylation sites (N-methyl/N-ethyl adjacent to an activating group) is 1. The first-order valence-electron chi connectivity index (χ1n) is 7.24. The van der Waals surface area contributed by atoms with Crippen molar-refractivity contribution in [3.63, 3.8) is 0 Å². The van der Waals surface area contributed by atoms with Crippen LogP contribution in [0.1, 0.15) is 28.8 Å². The van der Waals surface area contributed by atoms with Crippen LogP contribution >= 0.6 is 0 Å². The molecule has 0 saturated carbocycles. The molecule has 1 atom stereocenters. The van der Waals surface area contributed by atoms with Crippen LogP contribution in [0.25, 0.3) is 0 Å². The average molecular weight is 290 g/mol. The summed E-state index contributed by atoms with van der Waals surface area (Å²) in [5.74, 6) is -0.960. The van der Waals surface area contributed by atoms with Crippen molar-refractivity contribution in [2.24, 2.45) is 0 Å². The molecule has 0 radical (unpaired) electrons. The lowest BCUT2D eigenvalue weighted by Crippen LogP contribution is -2.42. The number of carbonyl (C=O) groups is 2. The number of rotatable bonds is 5. The maximum Gasteiger partial charge on any atom is 0.335 e. The summed E-state index contributed by atoms with van der Waals surface area (Å²) in [6, 6.07) is 6.97. The quantitative estimate of drug-likeness (QED) is 0.892. The van der Waals surface area contributed by atoms with Crippen LogP contribution in [-0.2, 0) is 11.2 Å². The summed E-state index contributed by atoms with van der Waals surface area (Å²) in [6.45, 7) is 1.62. The molecule has 21 heavy (non-hydrogen) atoms. The van der Waals surface area contributed by atoms with Gasteiger partial charge in [-0.1, -0.05) is 18.2 Å². The molecule has 1 aliphatic heterocycles. The van der Waals surface area contributed by atoms with Crippen molar-refractivity contribution in [1.82, 2.24) is 9.80 Å². The minimum absolute atomic E-state index is 0.0213. The number of hydrogen-bond acceptors (Lipinski definition) is 3. The molecule has 1 aromatic carbocycles. The van der Waals surface area contributed by atoms with Gasteiger partial charge in [0.2, 0.25) is 5.91 Å². The first-order valence-corrected chi connectivity index (χ1v) is 7.24. The number of hydrogen-bond donors (Lipinski definition) is 1. The Morgan fingerprint density at radius 3 is 2.71 bits per heavy atom. The van der Waals surface area contributed by atoms with E-state index in [-0.39, 0.29) is 23.9 Å². The summed E-state index contributed by atoms with van der Waals surface area (Å²) in [5, 5.41) is 9.18. The van der Waals surface area contributed by atoms with E-state index in [1.807, 2.05) is 19.0 Å². The summed E-state index contributed by atoms with van der Waals surface area (Å²) in [4.78, 5) is 27.7. The van der Waals surface area contributed by atoms with Gasteiger partial charge in [0.05, 0.1) is 12.0 Å². The lowest BCUT2D eigenvalue weighted by Gasteiger charge is -2.27. The highest BCUT2D eigenvalue weighted by Gasteiger charge is 2.29. The minimum atomic E-state index is -0.982. The molecule has 2 rings (SSSR count). The van der Waals surface area contributed by atoms with Crippen molar-refractivity contribution < 1.29 is 14.7 Å². The smallest absolute Gasteiger partial charge is 0.335 e. The number of carbonyl (C=O) groups excluding carboxylic acids is 1. The third-order valence-electron chi connectivity index (χ3n) is 3.86. The molecular formula is C16H22N2O3. The van der Waals surface area contributed by atoms with Gasteiger partial charge >= 0.3 is 5.97 Å². The fourth-order valence-electron chi connectivity index (χ4n) is 2.92. The molecule has 0 aromatic heterocycles. The molecule has 1 aliphatic rings. The topological polar surface area (TPSA) is 60.9 Å². The Hall–Kier alpha value is -1.88. The third-order valence-corrected chi connectivity index (χ3v) is 3.86. The van der Waals surface area contributed by atoms with Crippen LogP contribution < -0.4 is 0 Å². The van der Waals surface area contributed by atoms with E-state index in [9.17, 15) is 14.7 Å². The van der Waals surface area contributed by atoms with E-state index in [0.29, 0.717) is 5.56 Å². The maximum atomic E-state index is 12.5. The Labute approximate surface area is 125 Å². The summed E-state index contributed by atoms with van der Waals surface area (Å²) < 4.78 is 0. The predicted molar refractivity (Wildman–Crippen MR) is 80.4 cm³/mol. The fourth-order valence-corrected chi connectivity index (χ4v) is 2.92. The number of amides is 1. The van der Waals surface area contributed by atoms with Crippen LogP contribution in [0.15, 0.2) is 24.3 Å². The van der Waals surface area contributed by atoms with E-state index in [1.165, 1.54) is 0 Å². The second-order valence-corrected chi connectivity index (χ2v) is 5.78. The van der Waals surface area contributed by atoms with Gasteiger partial charge in [0.1, 0.15) is 0 Å². The zero-order valence-corrected chi connectivity index (χ0v) is 12.6. The van der Waals surface area contributed by atoms with Gasteiger partial charge in [-0.2, -0.15) is 0 Å². The predicted octanol–water partition coefficient (Wildman–Crippen LogP) is 1.48. The SMILES string of the molecule is CN(C)CC1CCCN1C(=O)Cc1ccccc1C(=O)O. The van der Waals surface area contributed by atoms with Gasteiger partial charge < -0.3 is 14.9 Å². The van der Waals surface area contributed by atoms with Crippen molar-refractivity contribution in [2.75, 3.05) is 27.2 Å². The van der Waals surface area contributed by atoms with E-state index >= 15 is 0 Å². The first-order chi connectivity index (χ1) is 9.99. The number of carboxylic acids is 1. The molecule has 5 nitrogen and oxygen atoms in total. The average Bonchev–Trinajstić information content (AvgIpc) is 2.86. The molecule has 1 aromatic rings. The van der Waals surface area contributed by atoms with Crippen LogP contribution in [0.4, 0.5) is 0 Å². The number of aromatic carboxylic acids is 1. The van der Waals surface area contributed by atoms with Crippen LogP contribution in [0.5, 0.6) is 0 Å². The Kier molecular flexibility index (Phi) is 4.96. The fraction of sp³-hybridized carbons (Fsp3) is 0.500. The Morgan fingerprint density at radius 2 is 2.05 bits per heavy atom. The molecular weight excluding hydrogens is 268 g/mol. The van der Waals surface area contributed by atoms with E-state index in [4.69, 9.17) is 0 Å². The zero-order valence-electron chi connectivity index (χ0n) is 12.6. The number of nitrogens with zero attached hydrogens (tertiary/aromatic N) is 2. The third kappa shape index (κ3) is 3.82. The Balaban J connectivity index is 2.09. The summed E-state index contributed by atoms with van der Waals surface area (Å²) in [7, 11) is 4.00. The summed E-state index contributed by atoms with van der Waals surface area (Å²) in [5.41, 5.74) is 0.805. The van der Waals surface area contributed by atoms with Crippen LogP contribution in [0.2, 0.25) is 0 Å². The highest BCUT2D eigenvalue weighted by Crippen LogP contribution is 2.20. The molecule has 5 heteroatoms. The largest absolute Gasteiger partial charge is 0.478 e. The monoisotopic (exact) mass is 290 g/mol. The van der Waals surface area contributed by atoms with Crippen molar-refractivity contribution in [3.8, 4) is 0 Å². The van der Waals surface area contributed by atoms with Gasteiger partial charge in [-0.25, -0.2) is 4.79 Å². The van der Waals surface area contributed by atoms with Gasteiger partial charge in [0, 0.05) is 19.1 Å². The number of likely N-dealkylation sites (tertiary alicyclic amines) is 1. The normalized spacial score (nSPS) is 18.2. The Morgan fingerprint density at radius 1 is 1.33 bits per heavy atom. The van der Waals surface area contributed by atoms with E-state index in [1.54, 1.807) is 24.3 Å². The lowest BCUT2D eigenvalue weighted by atomic mass is 10.0. The highest BCUT2D eigenvalue weighted by molar-refractivity contribution is 5.91. The summed E-state index contributed by atoms with van der Waals surface area (Å²) >= 11 is 0. The molecule has 1 N–H and O–H groups in total. The van der Waals surface area contributed by atoms with Crippen LogP contribution in [0, 0.1) is 0 Å². The zero-order chi connectivity index (χ0) is 15.4. The highest BCUT2D eigenvalue weighted by atomic mass is 16.4. The maximum absolute atomic E-state index is 12.5. The number of carboxylic acid groups (broad SMARTS) is 1. The van der Waals surface area contributed by atoms with Crippen molar-refractivity contribution in [1.29, 1.82) is 0 Å². The van der Waals surface area contributed by atoms with Crippen molar-refractivity contribution in [3.05, 3.63) is 35.4 Å². The second-order valence-electron chi connectivity index (χ2n) is 5.78. The molecule has 1 unspecified atom stereocenters. The molecule has 0 aliphatic carbocycles. The van der Waals surface area contributed by atoms with E-state index in [2.05, 4.69) is 4.90 Å². The standard InChI is InChI=1S/C16H22N2O3/c1-17(2)11-13-7-5-9-18(13)15(19)10-12-6-3-4-8-14(12)16(20)21/h3-4,6,8,13H,5,7,9-11H2,1-2H3,(H,20,21). The van der Waals surface area contributed by atoms with Crippen molar-refractivity contribution >= 4 is 11.9 Å². The second kappa shape index (κ2) is 6.72. The van der Waals surface area contributed by atoms with Gasteiger partial charge in [-0.3, -0.25) is 4.79 Å². The van der Waals surface area contributed by atoms with Crippen molar-refractivity contribution in [2.45, 2.75) is 25.3 Å². The van der Waals surface area contributed by atoms with Crippen LogP contribution in [-0.4, -0.2) is 60.0 Å². The first kappa shape index (κ1) is 15.5. The molecule has 1 amide bonds. The minimum Gasteiger partial charge on any atom is -0.478 e.